The largest absolute Gasteiger partial charge is 0.444 e. The Hall–Kier alpha value is -2.86. The van der Waals surface area contributed by atoms with Crippen molar-refractivity contribution in [3.63, 3.8) is 0 Å². The summed E-state index contributed by atoms with van der Waals surface area (Å²) in [5.41, 5.74) is 1.17. The van der Waals surface area contributed by atoms with E-state index in [1.54, 1.807) is 27.8 Å². The number of nitrogens with one attached hydrogen (secondary N) is 1. The molecule has 2 aromatic rings. The molecule has 29 heavy (non-hydrogen) atoms. The summed E-state index contributed by atoms with van der Waals surface area (Å²) in [4.78, 5) is 26.6. The number of alkyl carbamates (subject to hydrolysis) is 1. The number of aliphatic hydroxyl groups is 1. The van der Waals surface area contributed by atoms with Crippen LogP contribution in [0.1, 0.15) is 31.9 Å². The van der Waals surface area contributed by atoms with Gasteiger partial charge in [0.15, 0.2) is 6.10 Å². The molecule has 0 fully saturated rings. The standard InChI is InChI=1S/C23H30N2O4/c1-23(2,3)29-22(28)24-19(15-17-11-7-5-8-12-17)20(26)21(27)25(4)16-18-13-9-6-10-14-18/h5-14,19-20,26H,15-16H2,1-4H3,(H,24,28)/t19?,20-/m0/s1. The lowest BCUT2D eigenvalue weighted by Crippen LogP contribution is -2.52. The molecular weight excluding hydrogens is 368 g/mol. The van der Waals surface area contributed by atoms with Gasteiger partial charge in [-0.2, -0.15) is 0 Å². The molecule has 156 valence electrons. The maximum atomic E-state index is 12.8. The average Bonchev–Trinajstić information content (AvgIpc) is 2.66. The average molecular weight is 399 g/mol. The summed E-state index contributed by atoms with van der Waals surface area (Å²) in [6, 6.07) is 18.1. The number of rotatable bonds is 7. The quantitative estimate of drug-likeness (QED) is 0.751. The number of hydrogen-bond donors (Lipinski definition) is 2. The minimum atomic E-state index is -1.41. The second-order valence-electron chi connectivity index (χ2n) is 8.07. The van der Waals surface area contributed by atoms with Gasteiger partial charge in [-0.05, 0) is 38.3 Å². The van der Waals surface area contributed by atoms with Crippen molar-refractivity contribution in [1.82, 2.24) is 10.2 Å². The number of benzene rings is 2. The Bertz CT molecular complexity index is 788. The summed E-state index contributed by atoms with van der Waals surface area (Å²) in [5, 5.41) is 13.4. The molecule has 2 aromatic carbocycles. The van der Waals surface area contributed by atoms with Crippen LogP contribution in [0.15, 0.2) is 60.7 Å². The van der Waals surface area contributed by atoms with E-state index in [0.717, 1.165) is 11.1 Å². The molecule has 0 spiro atoms. The molecule has 0 radical (unpaired) electrons. The van der Waals surface area contributed by atoms with Crippen LogP contribution in [0, 0.1) is 0 Å². The van der Waals surface area contributed by atoms with Crippen molar-refractivity contribution in [3.05, 3.63) is 71.8 Å². The van der Waals surface area contributed by atoms with Crippen molar-refractivity contribution in [3.8, 4) is 0 Å². The Balaban J connectivity index is 2.12. The first-order valence-electron chi connectivity index (χ1n) is 9.66. The zero-order valence-corrected chi connectivity index (χ0v) is 17.5. The van der Waals surface area contributed by atoms with E-state index in [4.69, 9.17) is 4.74 Å². The van der Waals surface area contributed by atoms with Crippen LogP contribution in [0.2, 0.25) is 0 Å². The second-order valence-corrected chi connectivity index (χ2v) is 8.07. The molecule has 2 N–H and O–H groups in total. The molecule has 6 nitrogen and oxygen atoms in total. The first kappa shape index (κ1) is 22.4. The van der Waals surface area contributed by atoms with E-state index in [-0.39, 0.29) is 0 Å². The molecule has 0 aromatic heterocycles. The lowest BCUT2D eigenvalue weighted by molar-refractivity contribution is -0.140. The number of carbonyl (C=O) groups excluding carboxylic acids is 2. The molecule has 0 heterocycles. The van der Waals surface area contributed by atoms with Crippen molar-refractivity contribution < 1.29 is 19.4 Å². The minimum Gasteiger partial charge on any atom is -0.444 e. The normalized spacial score (nSPS) is 13.3. The van der Waals surface area contributed by atoms with Gasteiger partial charge in [0.1, 0.15) is 5.60 Å². The summed E-state index contributed by atoms with van der Waals surface area (Å²) in [7, 11) is 1.63. The third-order valence-electron chi connectivity index (χ3n) is 4.27. The van der Waals surface area contributed by atoms with Gasteiger partial charge < -0.3 is 20.1 Å². The van der Waals surface area contributed by atoms with Crippen molar-refractivity contribution >= 4 is 12.0 Å². The monoisotopic (exact) mass is 398 g/mol. The van der Waals surface area contributed by atoms with Crippen LogP contribution in [0.4, 0.5) is 4.79 Å². The summed E-state index contributed by atoms with van der Waals surface area (Å²) >= 11 is 0. The highest BCUT2D eigenvalue weighted by molar-refractivity contribution is 5.82. The fraction of sp³-hybridized carbons (Fsp3) is 0.391. The Morgan fingerprint density at radius 1 is 1.00 bits per heavy atom. The van der Waals surface area contributed by atoms with Gasteiger partial charge in [-0.25, -0.2) is 4.79 Å². The fourth-order valence-electron chi connectivity index (χ4n) is 2.90. The van der Waals surface area contributed by atoms with Crippen LogP contribution in [-0.2, 0) is 22.5 Å². The molecule has 0 aliphatic carbocycles. The molecule has 0 saturated carbocycles. The number of hydrogen-bond acceptors (Lipinski definition) is 4. The zero-order valence-electron chi connectivity index (χ0n) is 17.5. The van der Waals surface area contributed by atoms with Crippen LogP contribution < -0.4 is 5.32 Å². The Labute approximate surface area is 172 Å². The summed E-state index contributed by atoms with van der Waals surface area (Å²) in [6.45, 7) is 5.64. The third-order valence-corrected chi connectivity index (χ3v) is 4.27. The van der Waals surface area contributed by atoms with E-state index in [0.29, 0.717) is 13.0 Å². The predicted octanol–water partition coefficient (Wildman–Crippen LogP) is 3.14. The predicted molar refractivity (Wildman–Crippen MR) is 112 cm³/mol. The number of aliphatic hydroxyl groups excluding tert-OH is 1. The second kappa shape index (κ2) is 10.1. The summed E-state index contributed by atoms with van der Waals surface area (Å²) in [6.07, 6.45) is -1.78. The van der Waals surface area contributed by atoms with E-state index in [1.165, 1.54) is 4.90 Å². The van der Waals surface area contributed by atoms with Gasteiger partial charge in [0.2, 0.25) is 0 Å². The maximum Gasteiger partial charge on any atom is 0.407 e. The number of likely N-dealkylation sites (N-methyl/N-ethyl adjacent to an activating group) is 1. The van der Waals surface area contributed by atoms with Crippen molar-refractivity contribution in [2.24, 2.45) is 0 Å². The molecular formula is C23H30N2O4. The highest BCUT2D eigenvalue weighted by Crippen LogP contribution is 2.12. The number of amides is 2. The topological polar surface area (TPSA) is 78.9 Å². The zero-order chi connectivity index (χ0) is 21.4. The highest BCUT2D eigenvalue weighted by Gasteiger charge is 2.31. The van der Waals surface area contributed by atoms with Crippen LogP contribution in [0.25, 0.3) is 0 Å². The van der Waals surface area contributed by atoms with Gasteiger partial charge in [-0.1, -0.05) is 60.7 Å². The molecule has 6 heteroatoms. The van der Waals surface area contributed by atoms with Gasteiger partial charge in [0.25, 0.3) is 5.91 Å². The summed E-state index contributed by atoms with van der Waals surface area (Å²) in [5.74, 6) is -0.467. The van der Waals surface area contributed by atoms with Crippen LogP contribution in [-0.4, -0.2) is 46.8 Å². The van der Waals surface area contributed by atoms with Crippen LogP contribution >= 0.6 is 0 Å². The molecule has 2 rings (SSSR count). The Kier molecular flexibility index (Phi) is 7.79. The first-order chi connectivity index (χ1) is 13.7. The summed E-state index contributed by atoms with van der Waals surface area (Å²) < 4.78 is 5.31. The smallest absolute Gasteiger partial charge is 0.407 e. The van der Waals surface area contributed by atoms with E-state index < -0.39 is 29.7 Å². The molecule has 2 atom stereocenters. The lowest BCUT2D eigenvalue weighted by Gasteiger charge is -2.29. The van der Waals surface area contributed by atoms with Gasteiger partial charge in [0, 0.05) is 13.6 Å². The molecule has 0 bridgehead atoms. The van der Waals surface area contributed by atoms with Gasteiger partial charge >= 0.3 is 6.09 Å². The van der Waals surface area contributed by atoms with Crippen molar-refractivity contribution in [2.75, 3.05) is 7.05 Å². The number of carbonyl (C=O) groups is 2. The van der Waals surface area contributed by atoms with Crippen LogP contribution in [0.3, 0.4) is 0 Å². The van der Waals surface area contributed by atoms with Crippen molar-refractivity contribution in [1.29, 1.82) is 0 Å². The van der Waals surface area contributed by atoms with E-state index in [9.17, 15) is 14.7 Å². The lowest BCUT2D eigenvalue weighted by atomic mass is 10.0. The molecule has 2 amide bonds. The maximum absolute atomic E-state index is 12.8. The minimum absolute atomic E-state index is 0.298. The van der Waals surface area contributed by atoms with Crippen LogP contribution in [0.5, 0.6) is 0 Å². The van der Waals surface area contributed by atoms with Gasteiger partial charge in [0.05, 0.1) is 6.04 Å². The Morgan fingerprint density at radius 3 is 2.03 bits per heavy atom. The Morgan fingerprint density at radius 2 is 1.52 bits per heavy atom. The number of ether oxygens (including phenoxy) is 1. The molecule has 0 aliphatic rings. The SMILES string of the molecule is CN(Cc1ccccc1)C(=O)[C@@H](O)C(Cc1ccccc1)NC(=O)OC(C)(C)C. The molecule has 1 unspecified atom stereocenters. The van der Waals surface area contributed by atoms with E-state index in [2.05, 4.69) is 5.32 Å². The van der Waals surface area contributed by atoms with E-state index in [1.807, 2.05) is 60.7 Å². The number of nitrogens with zero attached hydrogens (tertiary/aromatic N) is 1. The fourth-order valence-corrected chi connectivity index (χ4v) is 2.90. The van der Waals surface area contributed by atoms with Crippen molar-refractivity contribution in [2.45, 2.75) is 51.5 Å². The van der Waals surface area contributed by atoms with E-state index >= 15 is 0 Å². The molecule has 0 aliphatic heterocycles. The van der Waals surface area contributed by atoms with Gasteiger partial charge in [-0.3, -0.25) is 4.79 Å². The first-order valence-corrected chi connectivity index (χ1v) is 9.66. The third kappa shape index (κ3) is 7.58. The van der Waals surface area contributed by atoms with Gasteiger partial charge in [-0.15, -0.1) is 0 Å². The highest BCUT2D eigenvalue weighted by atomic mass is 16.6. The molecule has 0 saturated heterocycles.